The number of aliphatic carboxylic acids is 1. The van der Waals surface area contributed by atoms with Crippen LogP contribution in [-0.4, -0.2) is 53.3 Å². The van der Waals surface area contributed by atoms with Crippen LogP contribution in [0.4, 0.5) is 0 Å². The van der Waals surface area contributed by atoms with Gasteiger partial charge in [-0.15, -0.1) is 0 Å². The second-order valence-electron chi connectivity index (χ2n) is 6.91. The Morgan fingerprint density at radius 1 is 0.806 bits per heavy atom. The molecule has 0 amide bonds. The molecule has 10 nitrogen and oxygen atoms in total. The third-order valence-corrected chi connectivity index (χ3v) is 3.70. The number of benzene rings is 1. The number of ether oxygens (including phenoxy) is 4. The summed E-state index contributed by atoms with van der Waals surface area (Å²) in [6, 6.07) is 6.02. The molecular weight excluding hydrogens is 412 g/mol. The quantitative estimate of drug-likeness (QED) is 0.310. The summed E-state index contributed by atoms with van der Waals surface area (Å²) in [6.45, 7) is 5.61. The van der Waals surface area contributed by atoms with E-state index in [-0.39, 0.29) is 30.6 Å². The number of rotatable bonds is 11. The monoisotopic (exact) mass is 438 g/mol. The van der Waals surface area contributed by atoms with E-state index < -0.39 is 48.2 Å². The van der Waals surface area contributed by atoms with Crippen LogP contribution in [0.15, 0.2) is 24.3 Å². The minimum atomic E-state index is -1.10. The fourth-order valence-corrected chi connectivity index (χ4v) is 2.51. The van der Waals surface area contributed by atoms with Crippen LogP contribution in [0.5, 0.6) is 5.75 Å². The molecule has 31 heavy (non-hydrogen) atoms. The van der Waals surface area contributed by atoms with Gasteiger partial charge in [-0.25, -0.2) is 4.79 Å². The van der Waals surface area contributed by atoms with Crippen LogP contribution in [-0.2, 0) is 33.4 Å². The molecule has 0 radical (unpaired) electrons. The van der Waals surface area contributed by atoms with Crippen molar-refractivity contribution >= 4 is 29.8 Å². The zero-order valence-corrected chi connectivity index (χ0v) is 17.8. The van der Waals surface area contributed by atoms with E-state index in [0.717, 1.165) is 0 Å². The Morgan fingerprint density at radius 3 is 1.81 bits per heavy atom. The lowest BCUT2D eigenvalue weighted by atomic mass is 10.2. The van der Waals surface area contributed by atoms with Gasteiger partial charge in [0.25, 0.3) is 0 Å². The van der Waals surface area contributed by atoms with Crippen LogP contribution < -0.4 is 4.74 Å². The Hall–Kier alpha value is -3.43. The van der Waals surface area contributed by atoms with Crippen LogP contribution in [0, 0.1) is 0 Å². The van der Waals surface area contributed by atoms with Crippen molar-refractivity contribution in [1.82, 2.24) is 0 Å². The van der Waals surface area contributed by atoms with Crippen molar-refractivity contribution in [3.05, 3.63) is 29.8 Å². The molecule has 0 fully saturated rings. The predicted molar refractivity (Wildman–Crippen MR) is 105 cm³/mol. The summed E-state index contributed by atoms with van der Waals surface area (Å²) in [5.41, 5.74) is 0.0320. The fourth-order valence-electron chi connectivity index (χ4n) is 2.51. The van der Waals surface area contributed by atoms with Crippen molar-refractivity contribution < 1.29 is 48.0 Å². The van der Waals surface area contributed by atoms with Crippen LogP contribution >= 0.6 is 0 Å². The number of carbonyl (C=O) groups is 5. The van der Waals surface area contributed by atoms with Crippen molar-refractivity contribution in [2.75, 3.05) is 0 Å². The Morgan fingerprint density at radius 2 is 1.29 bits per heavy atom. The number of esters is 4. The van der Waals surface area contributed by atoms with Crippen LogP contribution in [0.2, 0.25) is 0 Å². The highest BCUT2D eigenvalue weighted by Gasteiger charge is 2.22. The first-order valence-electron chi connectivity index (χ1n) is 9.57. The number of carboxylic acids is 1. The molecule has 1 rings (SSSR count). The van der Waals surface area contributed by atoms with Gasteiger partial charge in [0.15, 0.2) is 0 Å². The van der Waals surface area contributed by atoms with Crippen LogP contribution in [0.1, 0.15) is 57.3 Å². The first kappa shape index (κ1) is 25.6. The normalized spacial score (nSPS) is 13.3. The Kier molecular flexibility index (Phi) is 10.2. The predicted octanol–water partition coefficient (Wildman–Crippen LogP) is 2.28. The highest BCUT2D eigenvalue weighted by molar-refractivity contribution is 5.93. The molecule has 0 aliphatic rings. The van der Waals surface area contributed by atoms with Crippen molar-refractivity contribution in [3.8, 4) is 5.75 Å². The highest BCUT2D eigenvalue weighted by Crippen LogP contribution is 2.20. The molecule has 0 spiro atoms. The topological polar surface area (TPSA) is 143 Å². The van der Waals surface area contributed by atoms with Gasteiger partial charge in [-0.3, -0.25) is 19.2 Å². The number of hydrogen-bond acceptors (Lipinski definition) is 9. The molecule has 0 aliphatic carbocycles. The van der Waals surface area contributed by atoms with E-state index in [1.165, 1.54) is 39.8 Å². The molecule has 170 valence electrons. The molecule has 1 N–H and O–H groups in total. The van der Waals surface area contributed by atoms with Crippen LogP contribution in [0.25, 0.3) is 0 Å². The fraction of sp³-hybridized carbons (Fsp3) is 0.476. The SMILES string of the molecule is CC(=O)Oc1ccccc1C(=O)OC(C)CC(=O)OC(C)CC(=O)OC(C)CC(=O)O. The van der Waals surface area contributed by atoms with E-state index in [4.69, 9.17) is 24.1 Å². The molecule has 0 aliphatic heterocycles. The average Bonchev–Trinajstić information content (AvgIpc) is 2.59. The van der Waals surface area contributed by atoms with E-state index in [1.54, 1.807) is 12.1 Å². The molecule has 10 heteroatoms. The summed E-state index contributed by atoms with van der Waals surface area (Å²) in [4.78, 5) is 57.8. The summed E-state index contributed by atoms with van der Waals surface area (Å²) < 4.78 is 20.2. The van der Waals surface area contributed by atoms with Gasteiger partial charge < -0.3 is 24.1 Å². The van der Waals surface area contributed by atoms with Gasteiger partial charge in [-0.05, 0) is 32.9 Å². The largest absolute Gasteiger partial charge is 0.481 e. The van der Waals surface area contributed by atoms with Crippen molar-refractivity contribution in [2.24, 2.45) is 0 Å². The first-order valence-corrected chi connectivity index (χ1v) is 9.57. The molecular formula is C21H26O10. The summed E-state index contributed by atoms with van der Waals surface area (Å²) in [5, 5.41) is 8.65. The van der Waals surface area contributed by atoms with Gasteiger partial charge >= 0.3 is 29.8 Å². The second-order valence-corrected chi connectivity index (χ2v) is 6.91. The maximum absolute atomic E-state index is 12.3. The standard InChI is InChI=1S/C21H26O10/c1-12(9-18(23)24)28-19(25)10-13(2)29-20(26)11-14(3)30-21(27)16-7-5-6-8-17(16)31-15(4)22/h5-8,12-14H,9-11H2,1-4H3,(H,23,24). The maximum atomic E-state index is 12.3. The third-order valence-electron chi connectivity index (χ3n) is 3.70. The van der Waals surface area contributed by atoms with Gasteiger partial charge in [-0.2, -0.15) is 0 Å². The average molecular weight is 438 g/mol. The smallest absolute Gasteiger partial charge is 0.342 e. The second kappa shape index (κ2) is 12.3. The molecule has 3 atom stereocenters. The van der Waals surface area contributed by atoms with Crippen molar-refractivity contribution in [3.63, 3.8) is 0 Å². The lowest BCUT2D eigenvalue weighted by Crippen LogP contribution is -2.26. The van der Waals surface area contributed by atoms with E-state index in [2.05, 4.69) is 0 Å². The molecule has 1 aromatic rings. The van der Waals surface area contributed by atoms with E-state index in [9.17, 15) is 24.0 Å². The van der Waals surface area contributed by atoms with Gasteiger partial charge in [0.1, 0.15) is 29.6 Å². The minimum Gasteiger partial charge on any atom is -0.481 e. The van der Waals surface area contributed by atoms with Gasteiger partial charge in [0.05, 0.1) is 19.3 Å². The Labute approximate surface area is 179 Å². The Balaban J connectivity index is 2.50. The maximum Gasteiger partial charge on any atom is 0.342 e. The number of carboxylic acid groups (broad SMARTS) is 1. The molecule has 0 saturated heterocycles. The van der Waals surface area contributed by atoms with E-state index >= 15 is 0 Å². The Bertz CT molecular complexity index is 816. The lowest BCUT2D eigenvalue weighted by molar-refractivity contribution is -0.158. The number of carbonyl (C=O) groups excluding carboxylic acids is 4. The zero-order valence-electron chi connectivity index (χ0n) is 17.8. The molecule has 0 saturated carbocycles. The summed E-state index contributed by atoms with van der Waals surface area (Å²) in [5.74, 6) is -3.83. The summed E-state index contributed by atoms with van der Waals surface area (Å²) in [7, 11) is 0. The van der Waals surface area contributed by atoms with Gasteiger partial charge in [0.2, 0.25) is 0 Å². The third kappa shape index (κ3) is 10.2. The van der Waals surface area contributed by atoms with E-state index in [1.807, 2.05) is 0 Å². The molecule has 0 bridgehead atoms. The molecule has 0 aromatic heterocycles. The first-order chi connectivity index (χ1) is 14.5. The molecule has 3 unspecified atom stereocenters. The molecule has 1 aromatic carbocycles. The highest BCUT2D eigenvalue weighted by atomic mass is 16.6. The van der Waals surface area contributed by atoms with Crippen LogP contribution in [0.3, 0.4) is 0 Å². The van der Waals surface area contributed by atoms with Crippen molar-refractivity contribution in [1.29, 1.82) is 0 Å². The van der Waals surface area contributed by atoms with Gasteiger partial charge in [-0.1, -0.05) is 12.1 Å². The minimum absolute atomic E-state index is 0.0320. The molecule has 0 heterocycles. The summed E-state index contributed by atoms with van der Waals surface area (Å²) in [6.07, 6.45) is -3.31. The van der Waals surface area contributed by atoms with Crippen molar-refractivity contribution in [2.45, 2.75) is 65.3 Å². The number of hydrogen-bond donors (Lipinski definition) is 1. The van der Waals surface area contributed by atoms with E-state index in [0.29, 0.717) is 0 Å². The number of para-hydroxylation sites is 1. The van der Waals surface area contributed by atoms with Gasteiger partial charge in [0, 0.05) is 6.92 Å². The zero-order chi connectivity index (χ0) is 23.6. The lowest BCUT2D eigenvalue weighted by Gasteiger charge is -2.17. The summed E-state index contributed by atoms with van der Waals surface area (Å²) >= 11 is 0.